The number of rotatable bonds is 5. The molecule has 1 aliphatic carbocycles. The van der Waals surface area contributed by atoms with Crippen molar-refractivity contribution in [3.8, 4) is 0 Å². The standard InChI is InChI=1S/C27H34ClN5O6/c1-17-16-31(25(35)39-26(2,3)4)13-14-32(17)22-21(33(36)37)20(29-24(28)30-22)15-27(23(34)38-5)12-8-10-18-9-6-7-11-19(18)27/h6-7,9,11,17H,8,10,12-16H2,1-5H3/t17-,27?/m0/s1. The summed E-state index contributed by atoms with van der Waals surface area (Å²) >= 11 is 6.35. The van der Waals surface area contributed by atoms with E-state index in [2.05, 4.69) is 9.97 Å². The lowest BCUT2D eigenvalue weighted by molar-refractivity contribution is -0.385. The van der Waals surface area contributed by atoms with Crippen LogP contribution in [0.1, 0.15) is 57.4 Å². The molecule has 0 radical (unpaired) electrons. The number of esters is 1. The summed E-state index contributed by atoms with van der Waals surface area (Å²) in [5.41, 5.74) is -0.234. The molecule has 0 N–H and O–H groups in total. The van der Waals surface area contributed by atoms with E-state index in [1.165, 1.54) is 7.11 Å². The summed E-state index contributed by atoms with van der Waals surface area (Å²) in [7, 11) is 1.32. The molecule has 11 nitrogen and oxygen atoms in total. The number of anilines is 1. The van der Waals surface area contributed by atoms with Gasteiger partial charge < -0.3 is 19.3 Å². The van der Waals surface area contributed by atoms with E-state index in [1.807, 2.05) is 31.2 Å². The molecule has 1 amide bonds. The lowest BCUT2D eigenvalue weighted by Crippen LogP contribution is -2.55. The first-order valence-electron chi connectivity index (χ1n) is 13.0. The van der Waals surface area contributed by atoms with Gasteiger partial charge in [-0.1, -0.05) is 24.3 Å². The number of amides is 1. The fraction of sp³-hybridized carbons (Fsp3) is 0.556. The Morgan fingerprint density at radius 2 is 1.95 bits per heavy atom. The van der Waals surface area contributed by atoms with Gasteiger partial charge >= 0.3 is 17.7 Å². The number of benzene rings is 1. The molecule has 2 heterocycles. The van der Waals surface area contributed by atoms with Crippen LogP contribution in [0.5, 0.6) is 0 Å². The maximum atomic E-state index is 13.3. The van der Waals surface area contributed by atoms with Crippen LogP contribution in [0.2, 0.25) is 5.28 Å². The lowest BCUT2D eigenvalue weighted by Gasteiger charge is -2.40. The monoisotopic (exact) mass is 559 g/mol. The number of carbonyl (C=O) groups is 2. The fourth-order valence-corrected chi connectivity index (χ4v) is 5.79. The van der Waals surface area contributed by atoms with Gasteiger partial charge in [0, 0.05) is 32.1 Å². The average Bonchev–Trinajstić information content (AvgIpc) is 2.86. The zero-order valence-corrected chi connectivity index (χ0v) is 23.7. The molecular formula is C27H34ClN5O6. The summed E-state index contributed by atoms with van der Waals surface area (Å²) in [4.78, 5) is 49.8. The topological polar surface area (TPSA) is 128 Å². The molecule has 0 bridgehead atoms. The highest BCUT2D eigenvalue weighted by Gasteiger charge is 2.47. The Bertz CT molecular complexity index is 1280. The molecule has 0 saturated carbocycles. The predicted octanol–water partition coefficient (Wildman–Crippen LogP) is 4.47. The highest BCUT2D eigenvalue weighted by atomic mass is 35.5. The number of fused-ring (bicyclic) bond motifs is 1. The van der Waals surface area contributed by atoms with Crippen molar-refractivity contribution in [3.63, 3.8) is 0 Å². The fourth-order valence-electron chi connectivity index (χ4n) is 5.60. The number of nitrogens with zero attached hydrogens (tertiary/aromatic N) is 5. The highest BCUT2D eigenvalue weighted by molar-refractivity contribution is 6.28. The van der Waals surface area contributed by atoms with Gasteiger partial charge in [-0.3, -0.25) is 14.9 Å². The Hall–Kier alpha value is -3.47. The second-order valence-corrected chi connectivity index (χ2v) is 11.4. The lowest BCUT2D eigenvalue weighted by atomic mass is 9.67. The SMILES string of the molecule is COC(=O)C1(Cc2nc(Cl)nc(N3CCN(C(=O)OC(C)(C)C)C[C@@H]3C)c2[N+](=O)[O-])CCCc2ccccc21. The minimum atomic E-state index is -1.15. The second kappa shape index (κ2) is 11.0. The molecular weight excluding hydrogens is 526 g/mol. The molecule has 39 heavy (non-hydrogen) atoms. The van der Waals surface area contributed by atoms with Gasteiger partial charge in [-0.25, -0.2) is 9.78 Å². The number of hydrogen-bond acceptors (Lipinski definition) is 9. The molecule has 4 rings (SSSR count). The van der Waals surface area contributed by atoms with Gasteiger partial charge in [0.25, 0.3) is 0 Å². The van der Waals surface area contributed by atoms with Crippen LogP contribution in [-0.2, 0) is 32.5 Å². The van der Waals surface area contributed by atoms with Crippen molar-refractivity contribution in [3.05, 3.63) is 56.5 Å². The number of halogens is 1. The largest absolute Gasteiger partial charge is 0.468 e. The van der Waals surface area contributed by atoms with Crippen molar-refractivity contribution < 1.29 is 24.0 Å². The van der Waals surface area contributed by atoms with Crippen molar-refractivity contribution in [1.29, 1.82) is 0 Å². The Kier molecular flexibility index (Phi) is 8.02. The number of aryl methyl sites for hydroxylation is 1. The molecule has 2 aromatic rings. The zero-order valence-electron chi connectivity index (χ0n) is 22.9. The average molecular weight is 560 g/mol. The Morgan fingerprint density at radius 3 is 2.59 bits per heavy atom. The van der Waals surface area contributed by atoms with Crippen LogP contribution >= 0.6 is 11.6 Å². The van der Waals surface area contributed by atoms with Crippen LogP contribution in [0.15, 0.2) is 24.3 Å². The summed E-state index contributed by atoms with van der Waals surface area (Å²) < 4.78 is 10.7. The Balaban J connectivity index is 1.73. The highest BCUT2D eigenvalue weighted by Crippen LogP contribution is 2.44. The van der Waals surface area contributed by atoms with E-state index in [9.17, 15) is 19.7 Å². The second-order valence-electron chi connectivity index (χ2n) is 11.1. The number of nitro groups is 1. The summed E-state index contributed by atoms with van der Waals surface area (Å²) in [6.45, 7) is 8.08. The van der Waals surface area contributed by atoms with E-state index >= 15 is 0 Å². The van der Waals surface area contributed by atoms with Crippen LogP contribution in [-0.4, -0.2) is 70.2 Å². The van der Waals surface area contributed by atoms with Crippen molar-refractivity contribution >= 4 is 35.2 Å². The number of methoxy groups -OCH3 is 1. The van der Waals surface area contributed by atoms with E-state index in [4.69, 9.17) is 21.1 Å². The zero-order chi connectivity index (χ0) is 28.5. The number of ether oxygens (including phenoxy) is 2. The third-order valence-corrected chi connectivity index (χ3v) is 7.44. The van der Waals surface area contributed by atoms with Gasteiger partial charge in [0.2, 0.25) is 11.1 Å². The van der Waals surface area contributed by atoms with Gasteiger partial charge in [-0.05, 0) is 69.7 Å². The van der Waals surface area contributed by atoms with Crippen molar-refractivity contribution in [1.82, 2.24) is 14.9 Å². The van der Waals surface area contributed by atoms with Crippen LogP contribution in [0.4, 0.5) is 16.3 Å². The molecule has 2 aliphatic rings. The summed E-state index contributed by atoms with van der Waals surface area (Å²) in [5.74, 6) is -0.407. The summed E-state index contributed by atoms with van der Waals surface area (Å²) in [5, 5.41) is 12.4. The van der Waals surface area contributed by atoms with Crippen LogP contribution in [0, 0.1) is 10.1 Å². The summed E-state index contributed by atoms with van der Waals surface area (Å²) in [6.07, 6.45) is 1.46. The van der Waals surface area contributed by atoms with Crippen molar-refractivity contribution in [2.75, 3.05) is 31.6 Å². The number of piperazine rings is 1. The Morgan fingerprint density at radius 1 is 1.23 bits per heavy atom. The van der Waals surface area contributed by atoms with Gasteiger partial charge in [-0.15, -0.1) is 0 Å². The molecule has 1 fully saturated rings. The molecule has 2 atom stereocenters. The number of aromatic nitrogens is 2. The van der Waals surface area contributed by atoms with Crippen molar-refractivity contribution in [2.24, 2.45) is 0 Å². The first kappa shape index (κ1) is 28.5. The normalized spacial score (nSPS) is 21.2. The minimum Gasteiger partial charge on any atom is -0.468 e. The van der Waals surface area contributed by atoms with Crippen LogP contribution in [0.25, 0.3) is 0 Å². The maximum Gasteiger partial charge on any atom is 0.410 e. The Labute approximate surface area is 232 Å². The van der Waals surface area contributed by atoms with E-state index in [0.29, 0.717) is 6.42 Å². The smallest absolute Gasteiger partial charge is 0.410 e. The molecule has 12 heteroatoms. The van der Waals surface area contributed by atoms with Gasteiger partial charge in [0.1, 0.15) is 11.3 Å². The maximum absolute atomic E-state index is 13.3. The van der Waals surface area contributed by atoms with E-state index in [1.54, 1.807) is 30.6 Å². The molecule has 1 aliphatic heterocycles. The first-order valence-corrected chi connectivity index (χ1v) is 13.4. The molecule has 1 saturated heterocycles. The van der Waals surface area contributed by atoms with Crippen LogP contribution < -0.4 is 4.90 Å². The quantitative estimate of drug-likeness (QED) is 0.225. The number of hydrogen-bond donors (Lipinski definition) is 0. The van der Waals surface area contributed by atoms with Gasteiger partial charge in [-0.2, -0.15) is 4.98 Å². The molecule has 1 aromatic carbocycles. The molecule has 210 valence electrons. The third-order valence-electron chi connectivity index (χ3n) is 7.27. The van der Waals surface area contributed by atoms with E-state index < -0.39 is 28.0 Å². The van der Waals surface area contributed by atoms with Gasteiger partial charge in [0.05, 0.1) is 17.4 Å². The van der Waals surface area contributed by atoms with E-state index in [-0.39, 0.29) is 54.6 Å². The molecule has 1 aromatic heterocycles. The van der Waals surface area contributed by atoms with Gasteiger partial charge in [0.15, 0.2) is 0 Å². The summed E-state index contributed by atoms with van der Waals surface area (Å²) in [6, 6.07) is 7.27. The van der Waals surface area contributed by atoms with Crippen LogP contribution in [0.3, 0.4) is 0 Å². The molecule has 0 spiro atoms. The third kappa shape index (κ3) is 5.78. The predicted molar refractivity (Wildman–Crippen MR) is 145 cm³/mol. The van der Waals surface area contributed by atoms with E-state index in [0.717, 1.165) is 24.0 Å². The van der Waals surface area contributed by atoms with Crippen molar-refractivity contribution in [2.45, 2.75) is 70.4 Å². The first-order chi connectivity index (χ1) is 18.4. The molecule has 1 unspecified atom stereocenters. The number of carbonyl (C=O) groups excluding carboxylic acids is 2. The minimum absolute atomic E-state index is 0.0610.